The van der Waals surface area contributed by atoms with Crippen LogP contribution in [0.5, 0.6) is 11.6 Å². The summed E-state index contributed by atoms with van der Waals surface area (Å²) in [6.45, 7) is 15.4. The molecule has 0 unspecified atom stereocenters. The molecule has 0 amide bonds. The van der Waals surface area contributed by atoms with Crippen LogP contribution in [0.1, 0.15) is 70.2 Å². The molecule has 2 heterocycles. The molecule has 57 heavy (non-hydrogen) atoms. The van der Waals surface area contributed by atoms with Crippen molar-refractivity contribution in [1.29, 1.82) is 0 Å². The molecule has 6 aromatic rings. The Balaban J connectivity index is 1.51. The highest BCUT2D eigenvalue weighted by Gasteiger charge is 2.47. The minimum absolute atomic E-state index is 0.0364. The van der Waals surface area contributed by atoms with Gasteiger partial charge >= 0.3 is 0 Å². The van der Waals surface area contributed by atoms with Crippen LogP contribution in [0.3, 0.4) is 0 Å². The van der Waals surface area contributed by atoms with E-state index in [-0.39, 0.29) is 49.8 Å². The minimum atomic E-state index is -4.03. The topological polar surface area (TPSA) is 136 Å². The molecule has 0 atom stereocenters. The molecule has 0 saturated heterocycles. The second-order valence-corrected chi connectivity index (χ2v) is 22.9. The van der Waals surface area contributed by atoms with Gasteiger partial charge in [-0.1, -0.05) is 108 Å². The van der Waals surface area contributed by atoms with Crippen molar-refractivity contribution in [2.75, 3.05) is 7.11 Å². The average Bonchev–Trinajstić information content (AvgIpc) is 3.54. The summed E-state index contributed by atoms with van der Waals surface area (Å²) < 4.78 is 49.2. The maximum atomic E-state index is 14.9. The van der Waals surface area contributed by atoms with Gasteiger partial charge in [0.1, 0.15) is 34.8 Å². The molecule has 1 aliphatic carbocycles. The summed E-state index contributed by atoms with van der Waals surface area (Å²) in [5.74, 6) is 1.04. The van der Waals surface area contributed by atoms with E-state index in [1.807, 2.05) is 55.5 Å². The van der Waals surface area contributed by atoms with E-state index in [1.54, 1.807) is 42.6 Å². The number of aromatic nitrogens is 3. The van der Waals surface area contributed by atoms with Crippen LogP contribution in [-0.2, 0) is 27.8 Å². The average molecular weight is 803 g/mol. The Morgan fingerprint density at radius 3 is 2.14 bits per heavy atom. The smallest absolute Gasteiger partial charge is 0.268 e. The predicted molar refractivity (Wildman–Crippen MR) is 229 cm³/mol. The molecule has 0 aliphatic heterocycles. The zero-order chi connectivity index (χ0) is 40.8. The van der Waals surface area contributed by atoms with Gasteiger partial charge in [0, 0.05) is 23.6 Å². The summed E-state index contributed by atoms with van der Waals surface area (Å²) in [5.41, 5.74) is 11.8. The summed E-state index contributed by atoms with van der Waals surface area (Å²) in [6.07, 6.45) is 2.54. The summed E-state index contributed by atoms with van der Waals surface area (Å²) >= 11 is 0. The Morgan fingerprint density at radius 2 is 1.49 bits per heavy atom. The first-order valence-electron chi connectivity index (χ1n) is 19.4. The molecule has 2 N–H and O–H groups in total. The third kappa shape index (κ3) is 6.99. The number of benzene rings is 3. The van der Waals surface area contributed by atoms with Gasteiger partial charge in [-0.3, -0.25) is 4.79 Å². The van der Waals surface area contributed by atoms with Crippen molar-refractivity contribution in [3.63, 3.8) is 0 Å². The molecule has 0 fully saturated rings. The maximum Gasteiger partial charge on any atom is 0.268 e. The molecule has 4 aromatic carbocycles. The van der Waals surface area contributed by atoms with Crippen LogP contribution in [0.2, 0.25) is 16.6 Å². The molecule has 12 heteroatoms. The zero-order valence-corrected chi connectivity index (χ0v) is 35.6. The van der Waals surface area contributed by atoms with Crippen LogP contribution in [0.4, 0.5) is 0 Å². The number of hydrogen-bond acceptors (Lipinski definition) is 9. The van der Waals surface area contributed by atoms with Gasteiger partial charge in [0.25, 0.3) is 18.3 Å². The van der Waals surface area contributed by atoms with Gasteiger partial charge in [-0.25, -0.2) is 22.4 Å². The third-order valence-electron chi connectivity index (χ3n) is 11.3. The van der Waals surface area contributed by atoms with Gasteiger partial charge in [-0.15, -0.1) is 0 Å². The maximum absolute atomic E-state index is 14.9. The molecule has 296 valence electrons. The Hall–Kier alpha value is -5.46. The largest absolute Gasteiger partial charge is 0.541 e. The highest BCUT2D eigenvalue weighted by atomic mass is 32.2. The van der Waals surface area contributed by atoms with Crippen molar-refractivity contribution in [2.24, 2.45) is 5.73 Å². The molecule has 10 nitrogen and oxygen atoms in total. The Morgan fingerprint density at radius 1 is 0.842 bits per heavy atom. The fourth-order valence-corrected chi connectivity index (χ4v) is 15.1. The van der Waals surface area contributed by atoms with E-state index in [9.17, 15) is 13.2 Å². The molecule has 2 aromatic heterocycles. The van der Waals surface area contributed by atoms with Gasteiger partial charge in [0.15, 0.2) is 0 Å². The number of allylic oxidation sites excluding steroid dienone is 1. The zero-order valence-electron chi connectivity index (χ0n) is 33.8. The SMILES string of the molecule is COc1nc2c(=O)c3c(cc(O[Si](C(C)C)(C(C)C)C(C)C)c2nc1-c1cn(S(=O)(=O)c2ccc(C)cc2)c2ccccc12)CCC(OCc1ccccc1)=C3N. The van der Waals surface area contributed by atoms with Crippen LogP contribution in [0, 0.1) is 6.92 Å². The lowest BCUT2D eigenvalue weighted by Gasteiger charge is -2.42. The second-order valence-electron chi connectivity index (χ2n) is 15.7. The molecule has 0 radical (unpaired) electrons. The van der Waals surface area contributed by atoms with Gasteiger partial charge in [0.05, 0.1) is 28.8 Å². The number of rotatable bonds is 12. The lowest BCUT2D eigenvalue weighted by Crippen LogP contribution is -2.50. The third-order valence-corrected chi connectivity index (χ3v) is 19.0. The van der Waals surface area contributed by atoms with E-state index in [0.717, 1.165) is 16.7 Å². The van der Waals surface area contributed by atoms with Crippen molar-refractivity contribution in [3.8, 4) is 22.9 Å². The van der Waals surface area contributed by atoms with Crippen LogP contribution < -0.4 is 20.3 Å². The Bertz CT molecular complexity index is 2670. The van der Waals surface area contributed by atoms with E-state index in [4.69, 9.17) is 29.6 Å². The number of nitrogens with zero attached hydrogens (tertiary/aromatic N) is 3. The second kappa shape index (κ2) is 15.5. The summed E-state index contributed by atoms with van der Waals surface area (Å²) in [5, 5.41) is 0.618. The van der Waals surface area contributed by atoms with Crippen molar-refractivity contribution in [3.05, 3.63) is 129 Å². The number of ether oxygens (including phenoxy) is 2. The van der Waals surface area contributed by atoms with E-state index in [0.29, 0.717) is 53.0 Å². The minimum Gasteiger partial charge on any atom is -0.541 e. The lowest BCUT2D eigenvalue weighted by atomic mass is 9.95. The van der Waals surface area contributed by atoms with Gasteiger partial charge in [-0.2, -0.15) is 0 Å². The van der Waals surface area contributed by atoms with Crippen LogP contribution in [0.25, 0.3) is 38.9 Å². The fraction of sp³-hybridized carbons (Fsp3) is 0.311. The predicted octanol–water partition coefficient (Wildman–Crippen LogP) is 9.51. The van der Waals surface area contributed by atoms with E-state index >= 15 is 0 Å². The molecular weight excluding hydrogens is 753 g/mol. The number of hydrogen-bond donors (Lipinski definition) is 1. The van der Waals surface area contributed by atoms with Crippen molar-refractivity contribution >= 4 is 46.0 Å². The number of fused-ring (bicyclic) bond motifs is 3. The first-order chi connectivity index (χ1) is 27.2. The van der Waals surface area contributed by atoms with Crippen LogP contribution in [0.15, 0.2) is 107 Å². The summed E-state index contributed by atoms with van der Waals surface area (Å²) in [6, 6.07) is 25.7. The molecule has 0 saturated carbocycles. The summed E-state index contributed by atoms with van der Waals surface area (Å²) in [4.78, 5) is 25.2. The van der Waals surface area contributed by atoms with Crippen LogP contribution in [-0.4, -0.2) is 37.8 Å². The van der Waals surface area contributed by atoms with E-state index in [1.165, 1.54) is 11.1 Å². The Labute approximate surface area is 335 Å². The van der Waals surface area contributed by atoms with Gasteiger partial charge in [-0.05, 0) is 65.4 Å². The highest BCUT2D eigenvalue weighted by Crippen LogP contribution is 2.45. The highest BCUT2D eigenvalue weighted by molar-refractivity contribution is 7.90. The molecule has 0 spiro atoms. The van der Waals surface area contributed by atoms with Gasteiger partial charge in [0.2, 0.25) is 11.3 Å². The first-order valence-corrected chi connectivity index (χ1v) is 23.0. The number of nitrogens with two attached hydrogens (primary N) is 1. The molecular formula is C45H50N4O6SSi. The first kappa shape index (κ1) is 39.8. The van der Waals surface area contributed by atoms with E-state index in [2.05, 4.69) is 41.5 Å². The van der Waals surface area contributed by atoms with Crippen LogP contribution >= 0.6 is 0 Å². The normalized spacial score (nSPS) is 13.5. The standard InChI is InChI=1S/C45H50N4O6SSi/c1-27(2)57(28(3)4,29(5)6)55-38-24-32-20-23-37(54-26-31-14-10-9-11-15-31)40(46)39(32)44(50)43-42(38)47-41(45(48-43)53-8)35-25-49(36-17-13-12-16-34(35)36)56(51,52)33-21-18-30(7)19-22-33/h9-19,21-22,24-25,27-29H,20,23,26,46H2,1-8H3. The Kier molecular flexibility index (Phi) is 10.8. The summed E-state index contributed by atoms with van der Waals surface area (Å²) in [7, 11) is -5.21. The lowest BCUT2D eigenvalue weighted by molar-refractivity contribution is 0.189. The number of methoxy groups -OCH3 is 1. The van der Waals surface area contributed by atoms with Crippen molar-refractivity contribution in [2.45, 2.75) is 89.4 Å². The monoisotopic (exact) mass is 802 g/mol. The van der Waals surface area contributed by atoms with Crippen molar-refractivity contribution < 1.29 is 22.3 Å². The molecule has 7 rings (SSSR count). The molecule has 0 bridgehead atoms. The number of aryl methyl sites for hydroxylation is 2. The van der Waals surface area contributed by atoms with E-state index < -0.39 is 23.8 Å². The van der Waals surface area contributed by atoms with Gasteiger partial charge < -0.3 is 19.6 Å². The quantitative estimate of drug-likeness (QED) is 0.120. The fourth-order valence-electron chi connectivity index (χ4n) is 8.52. The number of para-hydroxylation sites is 1. The molecule has 1 aliphatic rings. The van der Waals surface area contributed by atoms with Crippen molar-refractivity contribution in [1.82, 2.24) is 13.9 Å².